The van der Waals surface area contributed by atoms with Crippen molar-refractivity contribution in [2.75, 3.05) is 11.9 Å². The minimum Gasteiger partial charge on any atom is -0.389 e. The first-order valence-electron chi connectivity index (χ1n) is 6.68. The van der Waals surface area contributed by atoms with Gasteiger partial charge in [0.05, 0.1) is 6.10 Å². The Balaban J connectivity index is 2.53. The van der Waals surface area contributed by atoms with Crippen molar-refractivity contribution in [2.24, 2.45) is 0 Å². The lowest BCUT2D eigenvalue weighted by molar-refractivity contribution is 0.194. The highest BCUT2D eigenvalue weighted by Gasteiger charge is 2.17. The summed E-state index contributed by atoms with van der Waals surface area (Å²) in [5, 5.41) is 9.82. The Kier molecular flexibility index (Phi) is 4.09. The molecule has 0 amide bonds. The van der Waals surface area contributed by atoms with Crippen molar-refractivity contribution in [2.45, 2.75) is 26.9 Å². The van der Waals surface area contributed by atoms with Gasteiger partial charge in [0, 0.05) is 24.0 Å². The maximum Gasteiger partial charge on any atom is 0.131 e. The van der Waals surface area contributed by atoms with Gasteiger partial charge in [-0.05, 0) is 56.2 Å². The molecule has 1 atom stereocenters. The monoisotopic (exact) mass is 273 g/mol. The van der Waals surface area contributed by atoms with Crippen molar-refractivity contribution in [3.05, 3.63) is 58.9 Å². The van der Waals surface area contributed by atoms with Crippen LogP contribution in [0.25, 0.3) is 0 Å². The molecule has 20 heavy (non-hydrogen) atoms. The Hall–Kier alpha value is -1.87. The molecule has 106 valence electrons. The van der Waals surface area contributed by atoms with Crippen molar-refractivity contribution in [3.8, 4) is 0 Å². The summed E-state index contributed by atoms with van der Waals surface area (Å²) in [4.78, 5) is 1.91. The summed E-state index contributed by atoms with van der Waals surface area (Å²) in [6.07, 6.45) is -0.848. The molecular formula is C17H20FNO. The number of rotatable bonds is 3. The number of anilines is 2. The van der Waals surface area contributed by atoms with Crippen LogP contribution in [0.4, 0.5) is 15.8 Å². The number of halogens is 1. The Bertz CT molecular complexity index is 602. The predicted molar refractivity (Wildman–Crippen MR) is 81.0 cm³/mol. The van der Waals surface area contributed by atoms with Crippen LogP contribution in [-0.2, 0) is 0 Å². The zero-order chi connectivity index (χ0) is 14.9. The summed E-state index contributed by atoms with van der Waals surface area (Å²) < 4.78 is 13.9. The molecule has 1 unspecified atom stereocenters. The van der Waals surface area contributed by atoms with Crippen LogP contribution in [0.5, 0.6) is 0 Å². The van der Waals surface area contributed by atoms with Crippen molar-refractivity contribution in [1.82, 2.24) is 0 Å². The van der Waals surface area contributed by atoms with Gasteiger partial charge >= 0.3 is 0 Å². The van der Waals surface area contributed by atoms with Crippen LogP contribution in [0.3, 0.4) is 0 Å². The minimum absolute atomic E-state index is 0.328. The summed E-state index contributed by atoms with van der Waals surface area (Å²) in [5.41, 5.74) is 4.30. The van der Waals surface area contributed by atoms with Crippen LogP contribution < -0.4 is 4.90 Å². The maximum atomic E-state index is 13.9. The third-order valence-corrected chi connectivity index (χ3v) is 3.40. The normalized spacial score (nSPS) is 12.3. The molecule has 0 heterocycles. The SMILES string of the molecule is Cc1cc(C)cc(N(C)c2cccc(F)c2C(C)O)c1. The second kappa shape index (κ2) is 5.63. The molecule has 0 fully saturated rings. The van der Waals surface area contributed by atoms with E-state index in [-0.39, 0.29) is 5.82 Å². The lowest BCUT2D eigenvalue weighted by Gasteiger charge is -2.25. The molecule has 0 aliphatic carbocycles. The summed E-state index contributed by atoms with van der Waals surface area (Å²) in [6.45, 7) is 5.65. The predicted octanol–water partition coefficient (Wildman–Crippen LogP) is 4.26. The number of hydrogen-bond acceptors (Lipinski definition) is 2. The van der Waals surface area contributed by atoms with Gasteiger partial charge in [0.1, 0.15) is 5.82 Å². The van der Waals surface area contributed by atoms with E-state index in [9.17, 15) is 9.50 Å². The van der Waals surface area contributed by atoms with Gasteiger partial charge < -0.3 is 10.0 Å². The standard InChI is InChI=1S/C17H20FNO/c1-11-8-12(2)10-14(9-11)19(4)16-7-5-6-15(18)17(16)13(3)20/h5-10,13,20H,1-4H3. The lowest BCUT2D eigenvalue weighted by atomic mass is 10.0. The maximum absolute atomic E-state index is 13.9. The molecule has 1 N–H and O–H groups in total. The van der Waals surface area contributed by atoms with Crippen molar-refractivity contribution in [1.29, 1.82) is 0 Å². The molecule has 0 spiro atoms. The molecule has 0 aliphatic rings. The second-order valence-electron chi connectivity index (χ2n) is 5.25. The van der Waals surface area contributed by atoms with Crippen LogP contribution >= 0.6 is 0 Å². The van der Waals surface area contributed by atoms with Gasteiger partial charge in [-0.1, -0.05) is 12.1 Å². The van der Waals surface area contributed by atoms with E-state index in [1.807, 2.05) is 44.0 Å². The van der Waals surface area contributed by atoms with Crippen molar-refractivity contribution >= 4 is 11.4 Å². The highest BCUT2D eigenvalue weighted by Crippen LogP contribution is 2.33. The van der Waals surface area contributed by atoms with E-state index in [0.29, 0.717) is 11.3 Å². The molecular weight excluding hydrogens is 253 g/mol. The molecule has 2 aromatic rings. The Morgan fingerprint density at radius 1 is 1.10 bits per heavy atom. The van der Waals surface area contributed by atoms with E-state index in [2.05, 4.69) is 6.07 Å². The molecule has 3 heteroatoms. The van der Waals surface area contributed by atoms with Gasteiger partial charge in [-0.25, -0.2) is 4.39 Å². The molecule has 2 rings (SSSR count). The van der Waals surface area contributed by atoms with Crippen LogP contribution in [0, 0.1) is 19.7 Å². The zero-order valence-electron chi connectivity index (χ0n) is 12.3. The number of benzene rings is 2. The quantitative estimate of drug-likeness (QED) is 0.903. The fourth-order valence-corrected chi connectivity index (χ4v) is 2.52. The van der Waals surface area contributed by atoms with Gasteiger partial charge in [-0.2, -0.15) is 0 Å². The van der Waals surface area contributed by atoms with E-state index in [1.54, 1.807) is 13.0 Å². The number of aliphatic hydroxyl groups is 1. The number of nitrogens with zero attached hydrogens (tertiary/aromatic N) is 1. The van der Waals surface area contributed by atoms with Gasteiger partial charge in [-0.3, -0.25) is 0 Å². The smallest absolute Gasteiger partial charge is 0.131 e. The Morgan fingerprint density at radius 3 is 2.25 bits per heavy atom. The fraction of sp³-hybridized carbons (Fsp3) is 0.294. The van der Waals surface area contributed by atoms with Crippen LogP contribution in [0.15, 0.2) is 36.4 Å². The van der Waals surface area contributed by atoms with Crippen LogP contribution in [0.2, 0.25) is 0 Å². The largest absolute Gasteiger partial charge is 0.389 e. The first-order valence-corrected chi connectivity index (χ1v) is 6.68. The van der Waals surface area contributed by atoms with Gasteiger partial charge in [0.2, 0.25) is 0 Å². The Morgan fingerprint density at radius 2 is 1.70 bits per heavy atom. The molecule has 2 nitrogen and oxygen atoms in total. The third-order valence-electron chi connectivity index (χ3n) is 3.40. The van der Waals surface area contributed by atoms with Gasteiger partial charge in [0.25, 0.3) is 0 Å². The number of aryl methyl sites for hydroxylation is 2. The topological polar surface area (TPSA) is 23.5 Å². The molecule has 0 aromatic heterocycles. The van der Waals surface area contributed by atoms with Crippen molar-refractivity contribution < 1.29 is 9.50 Å². The molecule has 0 saturated carbocycles. The van der Waals surface area contributed by atoms with Crippen molar-refractivity contribution in [3.63, 3.8) is 0 Å². The molecule has 0 aliphatic heterocycles. The van der Waals surface area contributed by atoms with Gasteiger partial charge in [-0.15, -0.1) is 0 Å². The third kappa shape index (κ3) is 2.83. The van der Waals surface area contributed by atoms with Crippen LogP contribution in [0.1, 0.15) is 29.7 Å². The summed E-state index contributed by atoms with van der Waals surface area (Å²) in [5.74, 6) is -0.381. The number of hydrogen-bond donors (Lipinski definition) is 1. The average molecular weight is 273 g/mol. The summed E-state index contributed by atoms with van der Waals surface area (Å²) in [7, 11) is 1.88. The first-order chi connectivity index (χ1) is 9.40. The zero-order valence-corrected chi connectivity index (χ0v) is 12.3. The fourth-order valence-electron chi connectivity index (χ4n) is 2.52. The lowest BCUT2D eigenvalue weighted by Crippen LogP contribution is -2.14. The van der Waals surface area contributed by atoms with E-state index in [1.165, 1.54) is 6.07 Å². The van der Waals surface area contributed by atoms with E-state index in [0.717, 1.165) is 16.8 Å². The first kappa shape index (κ1) is 14.5. The van der Waals surface area contributed by atoms with E-state index in [4.69, 9.17) is 0 Å². The molecule has 0 saturated heterocycles. The summed E-state index contributed by atoms with van der Waals surface area (Å²) in [6, 6.07) is 11.0. The van der Waals surface area contributed by atoms with Gasteiger partial charge in [0.15, 0.2) is 0 Å². The number of aliphatic hydroxyl groups excluding tert-OH is 1. The Labute approximate surface area is 119 Å². The highest BCUT2D eigenvalue weighted by molar-refractivity contribution is 5.67. The summed E-state index contributed by atoms with van der Waals surface area (Å²) >= 11 is 0. The van der Waals surface area contributed by atoms with E-state index < -0.39 is 6.10 Å². The second-order valence-corrected chi connectivity index (χ2v) is 5.25. The molecule has 2 aromatic carbocycles. The molecule has 0 radical (unpaired) electrons. The molecule has 0 bridgehead atoms. The average Bonchev–Trinajstić information content (AvgIpc) is 2.35. The van der Waals surface area contributed by atoms with Crippen LogP contribution in [-0.4, -0.2) is 12.2 Å². The minimum atomic E-state index is -0.848. The van der Waals surface area contributed by atoms with E-state index >= 15 is 0 Å². The highest BCUT2D eigenvalue weighted by atomic mass is 19.1.